The summed E-state index contributed by atoms with van der Waals surface area (Å²) in [4.78, 5) is 17.2. The number of hydrogen-bond donors (Lipinski definition) is 2. The lowest BCUT2D eigenvalue weighted by atomic mass is 10.0. The average Bonchev–Trinajstić information content (AvgIpc) is 3.42. The van der Waals surface area contributed by atoms with Gasteiger partial charge in [0.1, 0.15) is 15.5 Å². The van der Waals surface area contributed by atoms with Crippen LogP contribution in [0.25, 0.3) is 21.5 Å². The molecule has 7 nitrogen and oxygen atoms in total. The molecular formula is C23H16F3N3O4S. The fourth-order valence-electron chi connectivity index (χ4n) is 3.58. The quantitative estimate of drug-likeness (QED) is 0.392. The molecule has 3 N–H and O–H groups in total. The Kier molecular flexibility index (Phi) is 5.20. The third-order valence-electron chi connectivity index (χ3n) is 5.23. The summed E-state index contributed by atoms with van der Waals surface area (Å²) in [6.45, 7) is 0.0349. The SMILES string of the molecule is COc1ccc(NC(=O)c2sc3nc(-c4ccc5c(c4)OCO5)cc(C(F)(F)F)c3c2N)cc1. The van der Waals surface area contributed by atoms with Crippen molar-refractivity contribution in [2.24, 2.45) is 0 Å². The fourth-order valence-corrected chi connectivity index (χ4v) is 4.59. The number of carbonyl (C=O) groups is 1. The molecule has 0 fully saturated rings. The van der Waals surface area contributed by atoms with E-state index in [9.17, 15) is 18.0 Å². The number of ether oxygens (including phenoxy) is 3. The van der Waals surface area contributed by atoms with Gasteiger partial charge in [-0.05, 0) is 48.5 Å². The van der Waals surface area contributed by atoms with Gasteiger partial charge in [-0.25, -0.2) is 4.98 Å². The topological polar surface area (TPSA) is 95.7 Å². The maximum absolute atomic E-state index is 14.0. The second-order valence-corrected chi connectivity index (χ2v) is 8.33. The molecule has 3 heterocycles. The van der Waals surface area contributed by atoms with Gasteiger partial charge in [0.2, 0.25) is 6.79 Å². The van der Waals surface area contributed by atoms with Crippen LogP contribution in [0.4, 0.5) is 24.5 Å². The lowest BCUT2D eigenvalue weighted by Crippen LogP contribution is -2.12. The first-order valence-corrected chi connectivity index (χ1v) is 10.7. The van der Waals surface area contributed by atoms with Crippen molar-refractivity contribution in [3.8, 4) is 28.5 Å². The number of hydrogen-bond acceptors (Lipinski definition) is 7. The molecule has 1 aliphatic rings. The number of methoxy groups -OCH3 is 1. The number of aromatic nitrogens is 1. The number of nitrogen functional groups attached to an aromatic ring is 1. The molecule has 0 saturated carbocycles. The molecule has 0 bridgehead atoms. The van der Waals surface area contributed by atoms with Crippen LogP contribution in [0.1, 0.15) is 15.2 Å². The first-order valence-electron chi connectivity index (χ1n) is 9.90. The number of anilines is 2. The van der Waals surface area contributed by atoms with E-state index in [1.807, 2.05) is 0 Å². The van der Waals surface area contributed by atoms with E-state index in [-0.39, 0.29) is 33.3 Å². The summed E-state index contributed by atoms with van der Waals surface area (Å²) in [6, 6.07) is 12.2. The van der Waals surface area contributed by atoms with Crippen LogP contribution in [-0.4, -0.2) is 24.8 Å². The van der Waals surface area contributed by atoms with Gasteiger partial charge in [0.15, 0.2) is 11.5 Å². The minimum Gasteiger partial charge on any atom is -0.497 e. The van der Waals surface area contributed by atoms with E-state index in [2.05, 4.69) is 10.3 Å². The van der Waals surface area contributed by atoms with Crippen molar-refractivity contribution >= 4 is 38.8 Å². The number of rotatable bonds is 4. The Balaban J connectivity index is 1.58. The van der Waals surface area contributed by atoms with E-state index in [1.54, 1.807) is 42.5 Å². The average molecular weight is 487 g/mol. The highest BCUT2D eigenvalue weighted by Crippen LogP contribution is 2.44. The highest BCUT2D eigenvalue weighted by Gasteiger charge is 2.36. The van der Waals surface area contributed by atoms with E-state index in [4.69, 9.17) is 19.9 Å². The third kappa shape index (κ3) is 3.83. The van der Waals surface area contributed by atoms with Crippen LogP contribution in [0.15, 0.2) is 48.5 Å². The van der Waals surface area contributed by atoms with Gasteiger partial charge < -0.3 is 25.3 Å². The molecular weight excluding hydrogens is 471 g/mol. The molecule has 1 amide bonds. The number of thiophene rings is 1. The van der Waals surface area contributed by atoms with E-state index in [0.717, 1.165) is 17.4 Å². The van der Waals surface area contributed by atoms with E-state index in [1.165, 1.54) is 7.11 Å². The number of nitrogens with one attached hydrogen (secondary N) is 1. The van der Waals surface area contributed by atoms with E-state index >= 15 is 0 Å². The molecule has 34 heavy (non-hydrogen) atoms. The number of nitrogens with two attached hydrogens (primary N) is 1. The van der Waals surface area contributed by atoms with E-state index < -0.39 is 17.6 Å². The first-order chi connectivity index (χ1) is 16.2. The molecule has 2 aromatic carbocycles. The van der Waals surface area contributed by atoms with Crippen molar-refractivity contribution in [3.63, 3.8) is 0 Å². The van der Waals surface area contributed by atoms with Crippen molar-refractivity contribution in [2.75, 3.05) is 25.0 Å². The lowest BCUT2D eigenvalue weighted by Gasteiger charge is -2.11. The predicted molar refractivity (Wildman–Crippen MR) is 122 cm³/mol. The Hall–Kier alpha value is -3.99. The van der Waals surface area contributed by atoms with Crippen LogP contribution in [-0.2, 0) is 6.18 Å². The Labute approximate surface area is 194 Å². The van der Waals surface area contributed by atoms with Crippen molar-refractivity contribution < 1.29 is 32.2 Å². The third-order valence-corrected chi connectivity index (χ3v) is 6.33. The molecule has 1 aliphatic heterocycles. The zero-order valence-electron chi connectivity index (χ0n) is 17.5. The van der Waals surface area contributed by atoms with Crippen LogP contribution in [0, 0.1) is 0 Å². The summed E-state index contributed by atoms with van der Waals surface area (Å²) in [6.07, 6.45) is -4.72. The zero-order chi connectivity index (χ0) is 24.0. The van der Waals surface area contributed by atoms with Gasteiger partial charge in [-0.15, -0.1) is 11.3 Å². The Morgan fingerprint density at radius 1 is 1.12 bits per heavy atom. The summed E-state index contributed by atoms with van der Waals surface area (Å²) in [5, 5.41) is 2.34. The number of carbonyl (C=O) groups excluding carboxylic acids is 1. The van der Waals surface area contributed by atoms with Gasteiger partial charge in [0.25, 0.3) is 5.91 Å². The monoisotopic (exact) mass is 487 g/mol. The fraction of sp³-hybridized carbons (Fsp3) is 0.130. The molecule has 174 valence electrons. The Morgan fingerprint density at radius 2 is 1.85 bits per heavy atom. The highest BCUT2D eigenvalue weighted by molar-refractivity contribution is 7.21. The van der Waals surface area contributed by atoms with Gasteiger partial charge in [-0.1, -0.05) is 0 Å². The van der Waals surface area contributed by atoms with Gasteiger partial charge in [-0.2, -0.15) is 13.2 Å². The highest BCUT2D eigenvalue weighted by atomic mass is 32.1. The molecule has 4 aromatic rings. The smallest absolute Gasteiger partial charge is 0.417 e. The molecule has 11 heteroatoms. The number of pyridine rings is 1. The molecule has 0 aliphatic carbocycles. The van der Waals surface area contributed by atoms with Crippen molar-refractivity contribution in [1.82, 2.24) is 4.98 Å². The molecule has 0 atom stereocenters. The molecule has 0 saturated heterocycles. The second-order valence-electron chi connectivity index (χ2n) is 7.33. The summed E-state index contributed by atoms with van der Waals surface area (Å²) >= 11 is 0.795. The number of nitrogens with zero attached hydrogens (tertiary/aromatic N) is 1. The Morgan fingerprint density at radius 3 is 2.56 bits per heavy atom. The largest absolute Gasteiger partial charge is 0.497 e. The minimum atomic E-state index is -4.72. The number of amides is 1. The molecule has 0 spiro atoms. The molecule has 5 rings (SSSR count). The van der Waals surface area contributed by atoms with Crippen LogP contribution in [0.5, 0.6) is 17.2 Å². The number of fused-ring (bicyclic) bond motifs is 2. The van der Waals surface area contributed by atoms with Gasteiger partial charge in [0.05, 0.1) is 24.1 Å². The van der Waals surface area contributed by atoms with Crippen molar-refractivity contribution in [2.45, 2.75) is 6.18 Å². The maximum atomic E-state index is 14.0. The molecule has 0 unspecified atom stereocenters. The van der Waals surface area contributed by atoms with Crippen LogP contribution < -0.4 is 25.3 Å². The summed E-state index contributed by atoms with van der Waals surface area (Å²) < 4.78 is 57.7. The standard InChI is InChI=1S/C23H16F3N3O4S/c1-31-13-5-3-12(4-6-13)28-21(30)20-19(27)18-14(23(24,25)26)9-15(29-22(18)34-20)11-2-7-16-17(8-11)33-10-32-16/h2-9H,10,27H2,1H3,(H,28,30). The predicted octanol–water partition coefficient (Wildman–Crippen LogP) is 5.55. The summed E-state index contributed by atoms with van der Waals surface area (Å²) in [5.41, 5.74) is 5.73. The molecule has 2 aromatic heterocycles. The summed E-state index contributed by atoms with van der Waals surface area (Å²) in [7, 11) is 1.51. The van der Waals surface area contributed by atoms with Crippen LogP contribution in [0.2, 0.25) is 0 Å². The summed E-state index contributed by atoms with van der Waals surface area (Å²) in [5.74, 6) is 0.870. The minimum absolute atomic E-state index is 0.000118. The van der Waals surface area contributed by atoms with Gasteiger partial charge in [-0.3, -0.25) is 4.79 Å². The van der Waals surface area contributed by atoms with E-state index in [0.29, 0.717) is 28.5 Å². The number of alkyl halides is 3. The van der Waals surface area contributed by atoms with Gasteiger partial charge in [0, 0.05) is 16.6 Å². The maximum Gasteiger partial charge on any atom is 0.417 e. The van der Waals surface area contributed by atoms with Crippen LogP contribution >= 0.6 is 11.3 Å². The Bertz CT molecular complexity index is 1420. The van der Waals surface area contributed by atoms with Crippen molar-refractivity contribution in [3.05, 3.63) is 59.0 Å². The number of halogens is 3. The van der Waals surface area contributed by atoms with Crippen molar-refractivity contribution in [1.29, 1.82) is 0 Å². The van der Waals surface area contributed by atoms with Gasteiger partial charge >= 0.3 is 6.18 Å². The van der Waals surface area contributed by atoms with Crippen LogP contribution in [0.3, 0.4) is 0 Å². The lowest BCUT2D eigenvalue weighted by molar-refractivity contribution is -0.136. The first kappa shape index (κ1) is 21.8. The normalized spacial score (nSPS) is 12.7. The molecule has 0 radical (unpaired) electrons. The second kappa shape index (κ2) is 8.10. The number of benzene rings is 2. The zero-order valence-corrected chi connectivity index (χ0v) is 18.3.